The molecular weight excluding hydrogens is 300 g/mol. The zero-order chi connectivity index (χ0) is 12.7. The van der Waals surface area contributed by atoms with Crippen LogP contribution in [0.2, 0.25) is 0 Å². The van der Waals surface area contributed by atoms with Crippen LogP contribution in [-0.2, 0) is 4.79 Å². The van der Waals surface area contributed by atoms with Crippen molar-refractivity contribution in [3.05, 3.63) is 22.8 Å². The monoisotopic (exact) mass is 308 g/mol. The van der Waals surface area contributed by atoms with Gasteiger partial charge in [0.05, 0.1) is 11.7 Å². The zero-order valence-corrected chi connectivity index (χ0v) is 10.8. The van der Waals surface area contributed by atoms with Crippen molar-refractivity contribution < 1.29 is 9.59 Å². The van der Waals surface area contributed by atoms with Crippen LogP contribution in [0.1, 0.15) is 6.42 Å². The lowest BCUT2D eigenvalue weighted by atomic mass is 10.2. The highest BCUT2D eigenvalue weighted by molar-refractivity contribution is 9.10. The number of rotatable bonds is 1. The molecule has 1 fully saturated rings. The maximum Gasteiger partial charge on any atom is 0.328 e. The molecule has 6 nitrogen and oxygen atoms in total. The fourth-order valence-corrected chi connectivity index (χ4v) is 2.51. The second kappa shape index (κ2) is 4.09. The first-order valence-corrected chi connectivity index (χ1v) is 6.18. The number of benzene rings is 1. The standard InChI is InChI=1S/C11H9BrN4O2/c12-8-3-6(4-9-7(8)5-13-15-9)16-2-1-10(17)14-11(16)18/h3-5H,1-2H2,(H,13,15)(H,14,17,18). The minimum atomic E-state index is -0.392. The minimum absolute atomic E-state index is 0.238. The van der Waals surface area contributed by atoms with E-state index in [0.29, 0.717) is 13.0 Å². The molecule has 3 amide bonds. The summed E-state index contributed by atoms with van der Waals surface area (Å²) in [7, 11) is 0. The Morgan fingerprint density at radius 1 is 1.33 bits per heavy atom. The number of imide groups is 1. The summed E-state index contributed by atoms with van der Waals surface area (Å²) in [4.78, 5) is 24.4. The SMILES string of the molecule is O=C1CCN(c2cc(Br)c3cn[nH]c3c2)C(=O)N1. The van der Waals surface area contributed by atoms with Gasteiger partial charge >= 0.3 is 6.03 Å². The quantitative estimate of drug-likeness (QED) is 0.843. The van der Waals surface area contributed by atoms with E-state index >= 15 is 0 Å². The van der Waals surface area contributed by atoms with Crippen LogP contribution in [0.4, 0.5) is 10.5 Å². The normalized spacial score (nSPS) is 16.2. The Balaban J connectivity index is 2.03. The van der Waals surface area contributed by atoms with Crippen LogP contribution in [0.25, 0.3) is 10.9 Å². The van der Waals surface area contributed by atoms with Crippen LogP contribution in [0.5, 0.6) is 0 Å². The summed E-state index contributed by atoms with van der Waals surface area (Å²) >= 11 is 3.44. The number of carbonyl (C=O) groups is 2. The Morgan fingerprint density at radius 2 is 2.17 bits per heavy atom. The third-order valence-electron chi connectivity index (χ3n) is 2.86. The van der Waals surface area contributed by atoms with E-state index in [4.69, 9.17) is 0 Å². The molecule has 0 radical (unpaired) electrons. The average Bonchev–Trinajstić information content (AvgIpc) is 2.77. The van der Waals surface area contributed by atoms with Gasteiger partial charge in [0.15, 0.2) is 0 Å². The van der Waals surface area contributed by atoms with Crippen molar-refractivity contribution in [3.63, 3.8) is 0 Å². The molecule has 2 heterocycles. The predicted molar refractivity (Wildman–Crippen MR) is 69.3 cm³/mol. The van der Waals surface area contributed by atoms with Gasteiger partial charge in [-0.1, -0.05) is 0 Å². The molecule has 1 saturated heterocycles. The molecule has 1 aliphatic rings. The largest absolute Gasteiger partial charge is 0.328 e. The second-order valence-electron chi connectivity index (χ2n) is 4.01. The van der Waals surface area contributed by atoms with Crippen molar-refractivity contribution in [2.45, 2.75) is 6.42 Å². The van der Waals surface area contributed by atoms with E-state index in [1.54, 1.807) is 6.20 Å². The first kappa shape index (κ1) is 11.2. The van der Waals surface area contributed by atoms with Crippen molar-refractivity contribution in [1.82, 2.24) is 15.5 Å². The highest BCUT2D eigenvalue weighted by Gasteiger charge is 2.24. The lowest BCUT2D eigenvalue weighted by Crippen LogP contribution is -2.49. The van der Waals surface area contributed by atoms with E-state index in [-0.39, 0.29) is 5.91 Å². The van der Waals surface area contributed by atoms with Crippen LogP contribution >= 0.6 is 15.9 Å². The van der Waals surface area contributed by atoms with Gasteiger partial charge in [-0.05, 0) is 28.1 Å². The molecule has 1 aromatic carbocycles. The summed E-state index contributed by atoms with van der Waals surface area (Å²) in [5.74, 6) is -0.238. The number of anilines is 1. The number of H-pyrrole nitrogens is 1. The van der Waals surface area contributed by atoms with E-state index < -0.39 is 6.03 Å². The molecule has 18 heavy (non-hydrogen) atoms. The van der Waals surface area contributed by atoms with Gasteiger partial charge in [0.25, 0.3) is 0 Å². The van der Waals surface area contributed by atoms with E-state index in [0.717, 1.165) is 21.1 Å². The molecular formula is C11H9BrN4O2. The first-order chi connectivity index (χ1) is 8.65. The predicted octanol–water partition coefficient (Wildman–Crippen LogP) is 1.77. The molecule has 0 atom stereocenters. The van der Waals surface area contributed by atoms with Crippen LogP contribution < -0.4 is 10.2 Å². The Morgan fingerprint density at radius 3 is 2.94 bits per heavy atom. The Hall–Kier alpha value is -1.89. The second-order valence-corrected chi connectivity index (χ2v) is 4.87. The molecule has 0 bridgehead atoms. The topological polar surface area (TPSA) is 78.1 Å². The number of aromatic nitrogens is 2. The van der Waals surface area contributed by atoms with Crippen LogP contribution in [-0.4, -0.2) is 28.7 Å². The smallest absolute Gasteiger partial charge is 0.294 e. The van der Waals surface area contributed by atoms with Crippen molar-refractivity contribution in [3.8, 4) is 0 Å². The summed E-state index contributed by atoms with van der Waals surface area (Å²) in [6, 6.07) is 3.28. The summed E-state index contributed by atoms with van der Waals surface area (Å²) < 4.78 is 0.855. The van der Waals surface area contributed by atoms with Gasteiger partial charge in [0, 0.05) is 28.5 Å². The number of halogens is 1. The maximum absolute atomic E-state index is 11.7. The maximum atomic E-state index is 11.7. The molecule has 0 aliphatic carbocycles. The molecule has 2 N–H and O–H groups in total. The fourth-order valence-electron chi connectivity index (χ4n) is 1.96. The van der Waals surface area contributed by atoms with Crippen molar-refractivity contribution in [2.75, 3.05) is 11.4 Å². The zero-order valence-electron chi connectivity index (χ0n) is 9.24. The van der Waals surface area contributed by atoms with Crippen molar-refractivity contribution >= 4 is 44.5 Å². The van der Waals surface area contributed by atoms with Gasteiger partial charge in [-0.2, -0.15) is 5.10 Å². The Kier molecular flexibility index (Phi) is 2.55. The van der Waals surface area contributed by atoms with Gasteiger partial charge in [-0.3, -0.25) is 20.1 Å². The summed E-state index contributed by atoms with van der Waals surface area (Å²) in [6.07, 6.45) is 2.02. The van der Waals surface area contributed by atoms with E-state index in [1.807, 2.05) is 12.1 Å². The number of carbonyl (C=O) groups excluding carboxylic acids is 2. The molecule has 2 aromatic rings. The number of urea groups is 1. The number of hydrogen-bond donors (Lipinski definition) is 2. The van der Waals surface area contributed by atoms with Crippen LogP contribution in [0.3, 0.4) is 0 Å². The van der Waals surface area contributed by atoms with Crippen LogP contribution in [0, 0.1) is 0 Å². The number of aromatic amines is 1. The number of amides is 3. The molecule has 3 rings (SSSR count). The van der Waals surface area contributed by atoms with Gasteiger partial charge < -0.3 is 0 Å². The lowest BCUT2D eigenvalue weighted by molar-refractivity contribution is -0.120. The van der Waals surface area contributed by atoms with E-state index in [1.165, 1.54) is 4.90 Å². The minimum Gasteiger partial charge on any atom is -0.294 e. The molecule has 0 spiro atoms. The van der Waals surface area contributed by atoms with Gasteiger partial charge in [0.2, 0.25) is 5.91 Å². The Labute approximate surface area is 110 Å². The third-order valence-corrected chi connectivity index (χ3v) is 3.51. The lowest BCUT2D eigenvalue weighted by Gasteiger charge is -2.26. The molecule has 92 valence electrons. The van der Waals surface area contributed by atoms with Crippen molar-refractivity contribution in [2.24, 2.45) is 0 Å². The number of nitrogens with one attached hydrogen (secondary N) is 2. The van der Waals surface area contributed by atoms with Crippen molar-refractivity contribution in [1.29, 1.82) is 0 Å². The first-order valence-electron chi connectivity index (χ1n) is 5.39. The molecule has 1 aromatic heterocycles. The molecule has 7 heteroatoms. The van der Waals surface area contributed by atoms with Gasteiger partial charge in [0.1, 0.15) is 0 Å². The molecule has 0 unspecified atom stereocenters. The fraction of sp³-hybridized carbons (Fsp3) is 0.182. The van der Waals surface area contributed by atoms with E-state index in [9.17, 15) is 9.59 Å². The summed E-state index contributed by atoms with van der Waals surface area (Å²) in [5.41, 5.74) is 1.56. The number of hydrogen-bond acceptors (Lipinski definition) is 3. The van der Waals surface area contributed by atoms with Gasteiger partial charge in [-0.15, -0.1) is 0 Å². The summed E-state index contributed by atoms with van der Waals surface area (Å²) in [6.45, 7) is 0.386. The number of nitrogens with zero attached hydrogens (tertiary/aromatic N) is 2. The van der Waals surface area contributed by atoms with E-state index in [2.05, 4.69) is 31.4 Å². The Bertz CT molecular complexity index is 652. The molecule has 1 aliphatic heterocycles. The average molecular weight is 309 g/mol. The molecule has 0 saturated carbocycles. The third kappa shape index (κ3) is 1.76. The number of fused-ring (bicyclic) bond motifs is 1. The highest BCUT2D eigenvalue weighted by Crippen LogP contribution is 2.29. The van der Waals surface area contributed by atoms with Gasteiger partial charge in [-0.25, -0.2) is 4.79 Å². The summed E-state index contributed by atoms with van der Waals surface area (Å²) in [5, 5.41) is 10.1. The highest BCUT2D eigenvalue weighted by atomic mass is 79.9. The van der Waals surface area contributed by atoms with Crippen LogP contribution in [0.15, 0.2) is 22.8 Å².